The molecule has 2 aromatic rings. The average molecular weight is 221 g/mol. The number of nitrogens with zero attached hydrogens (tertiary/aromatic N) is 4. The predicted molar refractivity (Wildman–Crippen MR) is 58.6 cm³/mol. The summed E-state index contributed by atoms with van der Waals surface area (Å²) < 4.78 is 6.91. The largest absolute Gasteiger partial charge is 0.337 e. The molecule has 0 aliphatic rings. The molecule has 1 unspecified atom stereocenters. The number of hydrogen-bond acceptors (Lipinski definition) is 5. The Hall–Kier alpha value is -1.69. The SMILES string of the molecule is CCC(NC)c1nc(-c2ccn(C)n2)no1. The van der Waals surface area contributed by atoms with Crippen molar-refractivity contribution in [3.05, 3.63) is 18.2 Å². The summed E-state index contributed by atoms with van der Waals surface area (Å²) in [4.78, 5) is 4.32. The molecule has 2 aromatic heterocycles. The summed E-state index contributed by atoms with van der Waals surface area (Å²) in [5, 5.41) is 11.2. The first-order valence-corrected chi connectivity index (χ1v) is 5.25. The van der Waals surface area contributed by atoms with Crippen molar-refractivity contribution >= 4 is 0 Å². The second-order valence-electron chi connectivity index (χ2n) is 3.58. The first-order valence-electron chi connectivity index (χ1n) is 5.25. The summed E-state index contributed by atoms with van der Waals surface area (Å²) in [7, 11) is 3.73. The highest BCUT2D eigenvalue weighted by Crippen LogP contribution is 2.18. The highest BCUT2D eigenvalue weighted by atomic mass is 16.5. The summed E-state index contributed by atoms with van der Waals surface area (Å²) in [6, 6.07) is 1.96. The van der Waals surface area contributed by atoms with E-state index in [9.17, 15) is 0 Å². The van der Waals surface area contributed by atoms with Crippen molar-refractivity contribution in [2.45, 2.75) is 19.4 Å². The van der Waals surface area contributed by atoms with Crippen LogP contribution < -0.4 is 5.32 Å². The lowest BCUT2D eigenvalue weighted by molar-refractivity contribution is 0.334. The van der Waals surface area contributed by atoms with E-state index < -0.39 is 0 Å². The van der Waals surface area contributed by atoms with Crippen molar-refractivity contribution < 1.29 is 4.52 Å². The van der Waals surface area contributed by atoms with Crippen LogP contribution in [-0.2, 0) is 7.05 Å². The third-order valence-electron chi connectivity index (χ3n) is 2.44. The van der Waals surface area contributed by atoms with Crippen LogP contribution in [0.3, 0.4) is 0 Å². The average Bonchev–Trinajstić information content (AvgIpc) is 2.89. The van der Waals surface area contributed by atoms with Crippen LogP contribution in [0.1, 0.15) is 25.3 Å². The number of nitrogens with one attached hydrogen (secondary N) is 1. The van der Waals surface area contributed by atoms with E-state index in [4.69, 9.17) is 4.52 Å². The maximum absolute atomic E-state index is 5.20. The van der Waals surface area contributed by atoms with Gasteiger partial charge in [0.1, 0.15) is 5.69 Å². The summed E-state index contributed by atoms with van der Waals surface area (Å²) in [6.45, 7) is 2.06. The van der Waals surface area contributed by atoms with E-state index in [1.165, 1.54) is 0 Å². The van der Waals surface area contributed by atoms with Gasteiger partial charge in [-0.25, -0.2) is 0 Å². The van der Waals surface area contributed by atoms with Gasteiger partial charge in [-0.15, -0.1) is 0 Å². The zero-order valence-electron chi connectivity index (χ0n) is 9.64. The van der Waals surface area contributed by atoms with Crippen molar-refractivity contribution in [2.75, 3.05) is 7.05 Å². The minimum atomic E-state index is 0.102. The maximum Gasteiger partial charge on any atom is 0.244 e. The Morgan fingerprint density at radius 1 is 1.56 bits per heavy atom. The van der Waals surface area contributed by atoms with Gasteiger partial charge in [-0.3, -0.25) is 4.68 Å². The first-order chi connectivity index (χ1) is 7.74. The van der Waals surface area contributed by atoms with Gasteiger partial charge < -0.3 is 9.84 Å². The lowest BCUT2D eigenvalue weighted by Crippen LogP contribution is -2.15. The van der Waals surface area contributed by atoms with Gasteiger partial charge in [0.25, 0.3) is 0 Å². The van der Waals surface area contributed by atoms with Crippen LogP contribution in [0.2, 0.25) is 0 Å². The molecule has 16 heavy (non-hydrogen) atoms. The van der Waals surface area contributed by atoms with Gasteiger partial charge in [-0.2, -0.15) is 10.1 Å². The number of aryl methyl sites for hydroxylation is 1. The lowest BCUT2D eigenvalue weighted by atomic mass is 10.2. The Labute approximate surface area is 93.7 Å². The van der Waals surface area contributed by atoms with Crippen LogP contribution in [0.4, 0.5) is 0 Å². The molecule has 6 nitrogen and oxygen atoms in total. The smallest absolute Gasteiger partial charge is 0.244 e. The number of rotatable bonds is 4. The topological polar surface area (TPSA) is 68.8 Å². The quantitative estimate of drug-likeness (QED) is 0.838. The van der Waals surface area contributed by atoms with Gasteiger partial charge in [-0.05, 0) is 19.5 Å². The fourth-order valence-electron chi connectivity index (χ4n) is 1.52. The van der Waals surface area contributed by atoms with E-state index in [2.05, 4.69) is 27.5 Å². The van der Waals surface area contributed by atoms with E-state index in [-0.39, 0.29) is 6.04 Å². The maximum atomic E-state index is 5.20. The van der Waals surface area contributed by atoms with Gasteiger partial charge in [0, 0.05) is 13.2 Å². The van der Waals surface area contributed by atoms with Crippen molar-refractivity contribution in [3.8, 4) is 11.5 Å². The summed E-state index contributed by atoms with van der Waals surface area (Å²) in [5.41, 5.74) is 0.725. The Morgan fingerprint density at radius 3 is 2.94 bits per heavy atom. The molecule has 2 heterocycles. The fraction of sp³-hybridized carbons (Fsp3) is 0.500. The lowest BCUT2D eigenvalue weighted by Gasteiger charge is -2.06. The summed E-state index contributed by atoms with van der Waals surface area (Å²) in [6.07, 6.45) is 2.75. The van der Waals surface area contributed by atoms with Crippen LogP contribution in [0, 0.1) is 0 Å². The van der Waals surface area contributed by atoms with Crippen molar-refractivity contribution in [1.29, 1.82) is 0 Å². The summed E-state index contributed by atoms with van der Waals surface area (Å²) >= 11 is 0. The van der Waals surface area contributed by atoms with Crippen molar-refractivity contribution in [2.24, 2.45) is 7.05 Å². The Balaban J connectivity index is 2.25. The number of hydrogen-bond donors (Lipinski definition) is 1. The second kappa shape index (κ2) is 4.44. The molecular formula is C10H15N5O. The zero-order chi connectivity index (χ0) is 11.5. The molecule has 0 aliphatic heterocycles. The van der Waals surface area contributed by atoms with Crippen LogP contribution in [0.25, 0.3) is 11.5 Å². The van der Waals surface area contributed by atoms with E-state index in [0.717, 1.165) is 12.1 Å². The first kappa shape index (κ1) is 10.8. The van der Waals surface area contributed by atoms with Crippen LogP contribution in [-0.4, -0.2) is 27.0 Å². The molecule has 86 valence electrons. The second-order valence-corrected chi connectivity index (χ2v) is 3.58. The molecule has 0 fully saturated rings. The molecule has 0 radical (unpaired) electrons. The third-order valence-corrected chi connectivity index (χ3v) is 2.44. The Bertz CT molecular complexity index is 457. The molecule has 1 N–H and O–H groups in total. The van der Waals surface area contributed by atoms with Gasteiger partial charge >= 0.3 is 0 Å². The normalized spacial score (nSPS) is 12.9. The molecule has 1 atom stereocenters. The van der Waals surface area contributed by atoms with Crippen LogP contribution >= 0.6 is 0 Å². The van der Waals surface area contributed by atoms with Gasteiger partial charge in [0.05, 0.1) is 6.04 Å². The van der Waals surface area contributed by atoms with Gasteiger partial charge in [0.15, 0.2) is 0 Å². The van der Waals surface area contributed by atoms with Gasteiger partial charge in [-0.1, -0.05) is 12.1 Å². The molecular weight excluding hydrogens is 206 g/mol. The number of aromatic nitrogens is 4. The minimum Gasteiger partial charge on any atom is -0.337 e. The van der Waals surface area contributed by atoms with Crippen molar-refractivity contribution in [1.82, 2.24) is 25.2 Å². The fourth-order valence-corrected chi connectivity index (χ4v) is 1.52. The standard InChI is InChI=1S/C10H15N5O/c1-4-7(11-2)10-12-9(14-16-10)8-5-6-15(3)13-8/h5-7,11H,4H2,1-3H3. The van der Waals surface area contributed by atoms with E-state index in [1.54, 1.807) is 4.68 Å². The Kier molecular flexibility index (Phi) is 3.00. The highest BCUT2D eigenvalue weighted by Gasteiger charge is 2.16. The van der Waals surface area contributed by atoms with E-state index >= 15 is 0 Å². The highest BCUT2D eigenvalue weighted by molar-refractivity contribution is 5.46. The predicted octanol–water partition coefficient (Wildman–Crippen LogP) is 1.14. The van der Waals surface area contributed by atoms with Gasteiger partial charge in [0.2, 0.25) is 11.7 Å². The molecule has 2 rings (SSSR count). The Morgan fingerprint density at radius 2 is 2.38 bits per heavy atom. The molecule has 6 heteroatoms. The molecule has 0 aliphatic carbocycles. The monoisotopic (exact) mass is 221 g/mol. The minimum absolute atomic E-state index is 0.102. The van der Waals surface area contributed by atoms with Crippen LogP contribution in [0.15, 0.2) is 16.8 Å². The molecule has 0 saturated carbocycles. The van der Waals surface area contributed by atoms with Crippen LogP contribution in [0.5, 0.6) is 0 Å². The molecule has 0 bridgehead atoms. The van der Waals surface area contributed by atoms with E-state index in [1.807, 2.05) is 26.4 Å². The summed E-state index contributed by atoms with van der Waals surface area (Å²) in [5.74, 6) is 1.13. The molecule has 0 spiro atoms. The zero-order valence-corrected chi connectivity index (χ0v) is 9.64. The molecule has 0 aromatic carbocycles. The third kappa shape index (κ3) is 1.96. The molecule has 0 amide bonds. The molecule has 0 saturated heterocycles. The van der Waals surface area contributed by atoms with E-state index in [0.29, 0.717) is 11.7 Å². The van der Waals surface area contributed by atoms with Crippen molar-refractivity contribution in [3.63, 3.8) is 0 Å².